The summed E-state index contributed by atoms with van der Waals surface area (Å²) in [4.78, 5) is 12.4. The van der Waals surface area contributed by atoms with E-state index in [1.54, 1.807) is 12.1 Å². The Kier molecular flexibility index (Phi) is 5.18. The molecule has 128 valence electrons. The van der Waals surface area contributed by atoms with Crippen LogP contribution in [0.15, 0.2) is 40.8 Å². The molecule has 2 atom stereocenters. The maximum absolute atomic E-state index is 12.4. The maximum atomic E-state index is 12.4. The van der Waals surface area contributed by atoms with Gasteiger partial charge in [0.1, 0.15) is 5.76 Å². The first-order valence-electron chi connectivity index (χ1n) is 8.10. The van der Waals surface area contributed by atoms with Crippen LogP contribution in [0, 0.1) is 0 Å². The number of hydrogen-bond donors (Lipinski definition) is 2. The van der Waals surface area contributed by atoms with Gasteiger partial charge in [-0.05, 0) is 49.9 Å². The average molecular weight is 367 g/mol. The molecule has 24 heavy (non-hydrogen) atoms. The van der Waals surface area contributed by atoms with Crippen molar-refractivity contribution in [2.75, 3.05) is 0 Å². The van der Waals surface area contributed by atoms with E-state index >= 15 is 0 Å². The van der Waals surface area contributed by atoms with E-state index in [1.165, 1.54) is 12.8 Å². The molecule has 2 fully saturated rings. The van der Waals surface area contributed by atoms with E-state index in [0.717, 1.165) is 18.4 Å². The number of furan rings is 1. The molecule has 0 radical (unpaired) electrons. The van der Waals surface area contributed by atoms with Crippen LogP contribution in [0.25, 0.3) is 11.3 Å². The summed E-state index contributed by atoms with van der Waals surface area (Å²) < 4.78 is 5.71. The fourth-order valence-corrected chi connectivity index (χ4v) is 3.93. The van der Waals surface area contributed by atoms with Crippen molar-refractivity contribution in [3.63, 3.8) is 0 Å². The highest BCUT2D eigenvalue weighted by Crippen LogP contribution is 2.30. The first kappa shape index (κ1) is 17.3. The van der Waals surface area contributed by atoms with Crippen LogP contribution in [0.5, 0.6) is 0 Å². The number of halogens is 2. The smallest absolute Gasteiger partial charge is 0.287 e. The van der Waals surface area contributed by atoms with Crippen molar-refractivity contribution >= 4 is 29.9 Å². The van der Waals surface area contributed by atoms with E-state index in [0.29, 0.717) is 28.6 Å². The van der Waals surface area contributed by atoms with Gasteiger partial charge in [0.25, 0.3) is 5.91 Å². The zero-order valence-corrected chi connectivity index (χ0v) is 14.7. The van der Waals surface area contributed by atoms with Gasteiger partial charge in [-0.3, -0.25) is 4.79 Å². The van der Waals surface area contributed by atoms with E-state index in [1.807, 2.05) is 24.3 Å². The Morgan fingerprint density at radius 3 is 2.54 bits per heavy atom. The summed E-state index contributed by atoms with van der Waals surface area (Å²) in [5, 5.41) is 7.30. The molecule has 2 unspecified atom stereocenters. The van der Waals surface area contributed by atoms with Gasteiger partial charge in [0.05, 0.1) is 5.02 Å². The standard InChI is InChI=1S/C18H19ClN2O2.ClH/c19-15-4-2-1-3-14(15)16-7-8-17(23-16)18(22)21-13-9-11-5-6-12(10-13)20-11;/h1-4,7-8,11-13,20H,5-6,9-10H2,(H,21,22);1H. The Morgan fingerprint density at radius 2 is 1.83 bits per heavy atom. The summed E-state index contributed by atoms with van der Waals surface area (Å²) >= 11 is 6.17. The van der Waals surface area contributed by atoms with Crippen LogP contribution in [-0.2, 0) is 0 Å². The second kappa shape index (κ2) is 7.18. The number of piperidine rings is 1. The minimum atomic E-state index is -0.144. The minimum absolute atomic E-state index is 0. The Hall–Kier alpha value is -1.49. The number of carbonyl (C=O) groups is 1. The van der Waals surface area contributed by atoms with Gasteiger partial charge in [-0.25, -0.2) is 0 Å². The summed E-state index contributed by atoms with van der Waals surface area (Å²) in [6.07, 6.45) is 4.43. The molecule has 2 aliphatic heterocycles. The molecule has 2 aromatic rings. The van der Waals surface area contributed by atoms with Gasteiger partial charge in [-0.2, -0.15) is 0 Å². The van der Waals surface area contributed by atoms with Gasteiger partial charge in [0, 0.05) is 23.7 Å². The van der Waals surface area contributed by atoms with Crippen molar-refractivity contribution in [3.05, 3.63) is 47.2 Å². The highest BCUT2D eigenvalue weighted by Gasteiger charge is 2.34. The van der Waals surface area contributed by atoms with Crippen molar-refractivity contribution in [2.24, 2.45) is 0 Å². The third kappa shape index (κ3) is 3.46. The molecular weight excluding hydrogens is 347 g/mol. The van der Waals surface area contributed by atoms with Crippen molar-refractivity contribution in [3.8, 4) is 11.3 Å². The molecule has 1 aromatic heterocycles. The molecule has 4 nitrogen and oxygen atoms in total. The van der Waals surface area contributed by atoms with E-state index in [4.69, 9.17) is 16.0 Å². The molecule has 0 saturated carbocycles. The first-order valence-corrected chi connectivity index (χ1v) is 8.48. The number of carbonyl (C=O) groups excluding carboxylic acids is 1. The topological polar surface area (TPSA) is 54.3 Å². The van der Waals surface area contributed by atoms with Gasteiger partial charge in [-0.15, -0.1) is 12.4 Å². The SMILES string of the molecule is Cl.O=C(NC1CC2CCC(C1)N2)c1ccc(-c2ccccc2Cl)o1. The number of amides is 1. The van der Waals surface area contributed by atoms with Gasteiger partial charge in [-0.1, -0.05) is 23.7 Å². The normalized spacial score (nSPS) is 25.1. The van der Waals surface area contributed by atoms with E-state index in [-0.39, 0.29) is 24.4 Å². The number of fused-ring (bicyclic) bond motifs is 2. The van der Waals surface area contributed by atoms with Crippen LogP contribution in [0.4, 0.5) is 0 Å². The van der Waals surface area contributed by atoms with Crippen LogP contribution in [0.2, 0.25) is 5.02 Å². The Balaban J connectivity index is 0.00000169. The monoisotopic (exact) mass is 366 g/mol. The molecule has 0 spiro atoms. The third-order valence-corrected chi connectivity index (χ3v) is 5.11. The predicted octanol–water partition coefficient (Wildman–Crippen LogP) is 4.03. The Labute approximate surface area is 152 Å². The number of rotatable bonds is 3. The van der Waals surface area contributed by atoms with Crippen molar-refractivity contribution in [1.29, 1.82) is 0 Å². The number of nitrogens with one attached hydrogen (secondary N) is 2. The molecular formula is C18H20Cl2N2O2. The van der Waals surface area contributed by atoms with Gasteiger partial charge in [0.2, 0.25) is 0 Å². The summed E-state index contributed by atoms with van der Waals surface area (Å²) in [7, 11) is 0. The lowest BCUT2D eigenvalue weighted by atomic mass is 10.00. The first-order chi connectivity index (χ1) is 11.2. The molecule has 3 heterocycles. The van der Waals surface area contributed by atoms with Crippen LogP contribution in [-0.4, -0.2) is 24.0 Å². The van der Waals surface area contributed by atoms with Crippen LogP contribution >= 0.6 is 24.0 Å². The lowest BCUT2D eigenvalue weighted by molar-refractivity contribution is 0.0896. The quantitative estimate of drug-likeness (QED) is 0.861. The van der Waals surface area contributed by atoms with Crippen molar-refractivity contribution in [2.45, 2.75) is 43.8 Å². The van der Waals surface area contributed by atoms with E-state index < -0.39 is 0 Å². The third-order valence-electron chi connectivity index (χ3n) is 4.78. The highest BCUT2D eigenvalue weighted by molar-refractivity contribution is 6.33. The van der Waals surface area contributed by atoms with Gasteiger partial charge < -0.3 is 15.1 Å². The summed E-state index contributed by atoms with van der Waals surface area (Å²) in [5.74, 6) is 0.812. The van der Waals surface area contributed by atoms with Crippen molar-refractivity contribution < 1.29 is 9.21 Å². The average Bonchev–Trinajstić information content (AvgIpc) is 3.15. The van der Waals surface area contributed by atoms with E-state index in [2.05, 4.69) is 10.6 Å². The van der Waals surface area contributed by atoms with Crippen LogP contribution < -0.4 is 10.6 Å². The molecule has 2 aliphatic rings. The molecule has 1 aromatic carbocycles. The van der Waals surface area contributed by atoms with Gasteiger partial charge >= 0.3 is 0 Å². The second-order valence-electron chi connectivity index (χ2n) is 6.42. The largest absolute Gasteiger partial charge is 0.451 e. The molecule has 1 amide bonds. The van der Waals surface area contributed by atoms with Crippen LogP contribution in [0.3, 0.4) is 0 Å². The molecule has 2 bridgehead atoms. The zero-order valence-electron chi connectivity index (χ0n) is 13.1. The lowest BCUT2D eigenvalue weighted by Gasteiger charge is -2.29. The fraction of sp³-hybridized carbons (Fsp3) is 0.389. The van der Waals surface area contributed by atoms with Crippen LogP contribution in [0.1, 0.15) is 36.2 Å². The zero-order chi connectivity index (χ0) is 15.8. The molecule has 0 aliphatic carbocycles. The number of benzene rings is 1. The minimum Gasteiger partial charge on any atom is -0.451 e. The van der Waals surface area contributed by atoms with Crippen molar-refractivity contribution in [1.82, 2.24) is 10.6 Å². The maximum Gasteiger partial charge on any atom is 0.287 e. The molecule has 2 saturated heterocycles. The summed E-state index contributed by atoms with van der Waals surface area (Å²) in [6, 6.07) is 12.3. The number of hydrogen-bond acceptors (Lipinski definition) is 3. The Morgan fingerprint density at radius 1 is 1.12 bits per heavy atom. The fourth-order valence-electron chi connectivity index (χ4n) is 3.70. The lowest BCUT2D eigenvalue weighted by Crippen LogP contribution is -2.47. The van der Waals surface area contributed by atoms with Gasteiger partial charge in [0.15, 0.2) is 5.76 Å². The molecule has 4 rings (SSSR count). The summed E-state index contributed by atoms with van der Waals surface area (Å²) in [5.41, 5.74) is 0.799. The highest BCUT2D eigenvalue weighted by atomic mass is 35.5. The molecule has 2 N–H and O–H groups in total. The second-order valence-corrected chi connectivity index (χ2v) is 6.83. The molecule has 6 heteroatoms. The van der Waals surface area contributed by atoms with E-state index in [9.17, 15) is 4.79 Å². The predicted molar refractivity (Wildman–Crippen MR) is 96.8 cm³/mol. The Bertz CT molecular complexity index is 719. The summed E-state index contributed by atoms with van der Waals surface area (Å²) in [6.45, 7) is 0.